The Balaban J connectivity index is 1.62. The van der Waals surface area contributed by atoms with Crippen molar-refractivity contribution < 1.29 is 4.79 Å². The largest absolute Gasteiger partial charge is 0.314 e. The molecule has 8 nitrogen and oxygen atoms in total. The second-order valence-corrected chi connectivity index (χ2v) is 8.23. The molecule has 3 aromatic rings. The summed E-state index contributed by atoms with van der Waals surface area (Å²) in [4.78, 5) is 26.0. The van der Waals surface area contributed by atoms with Crippen LogP contribution in [0.25, 0.3) is 5.69 Å². The molecule has 0 radical (unpaired) electrons. The van der Waals surface area contributed by atoms with Crippen LogP contribution in [-0.4, -0.2) is 30.3 Å². The Bertz CT molecular complexity index is 1140. The number of hydrogen-bond donors (Lipinski definition) is 1. The van der Waals surface area contributed by atoms with Crippen LogP contribution in [0.1, 0.15) is 60.0 Å². The first-order valence-corrected chi connectivity index (χ1v) is 10.5. The van der Waals surface area contributed by atoms with Crippen molar-refractivity contribution in [1.29, 1.82) is 0 Å². The monoisotopic (exact) mass is 428 g/mol. The molecule has 0 spiro atoms. The van der Waals surface area contributed by atoms with Crippen LogP contribution in [0, 0.1) is 13.8 Å². The molecule has 1 amide bonds. The lowest BCUT2D eigenvalue weighted by Crippen LogP contribution is -2.29. The topological polar surface area (TPSA) is 86.7 Å². The first-order chi connectivity index (χ1) is 14.4. The van der Waals surface area contributed by atoms with Crippen molar-refractivity contribution in [3.05, 3.63) is 56.7 Å². The molecule has 1 N–H and O–H groups in total. The van der Waals surface area contributed by atoms with Gasteiger partial charge in [-0.3, -0.25) is 14.3 Å². The molecule has 2 aromatic heterocycles. The van der Waals surface area contributed by atoms with E-state index in [1.807, 2.05) is 18.7 Å². The smallest absolute Gasteiger partial charge is 0.291 e. The van der Waals surface area contributed by atoms with Crippen molar-refractivity contribution in [2.24, 2.45) is 7.05 Å². The summed E-state index contributed by atoms with van der Waals surface area (Å²) in [7, 11) is 1.86. The normalized spacial score (nSPS) is 14.8. The van der Waals surface area contributed by atoms with Crippen molar-refractivity contribution >= 4 is 23.2 Å². The van der Waals surface area contributed by atoms with Gasteiger partial charge in [-0.25, -0.2) is 9.36 Å². The fourth-order valence-corrected chi connectivity index (χ4v) is 4.27. The fourth-order valence-electron chi connectivity index (χ4n) is 4.15. The van der Waals surface area contributed by atoms with Crippen LogP contribution in [0.3, 0.4) is 0 Å². The number of rotatable bonds is 4. The quantitative estimate of drug-likeness (QED) is 0.684. The van der Waals surface area contributed by atoms with Crippen LogP contribution in [0.15, 0.2) is 29.1 Å². The lowest BCUT2D eigenvalue weighted by Gasteiger charge is -2.24. The molecule has 1 saturated carbocycles. The average Bonchev–Trinajstić information content (AvgIpc) is 3.22. The highest BCUT2D eigenvalue weighted by atomic mass is 35.5. The highest BCUT2D eigenvalue weighted by Gasteiger charge is 2.26. The molecule has 0 saturated heterocycles. The van der Waals surface area contributed by atoms with Crippen LogP contribution >= 0.6 is 11.6 Å². The van der Waals surface area contributed by atoms with E-state index in [1.54, 1.807) is 40.6 Å². The minimum Gasteiger partial charge on any atom is -0.314 e. The van der Waals surface area contributed by atoms with Gasteiger partial charge >= 0.3 is 0 Å². The van der Waals surface area contributed by atoms with Crippen molar-refractivity contribution in [2.75, 3.05) is 5.32 Å². The van der Waals surface area contributed by atoms with Gasteiger partial charge in [0.15, 0.2) is 5.69 Å². The number of carbonyl (C=O) groups excluding carboxylic acids is 1. The molecule has 0 bridgehead atoms. The summed E-state index contributed by atoms with van der Waals surface area (Å²) >= 11 is 5.94. The summed E-state index contributed by atoms with van der Waals surface area (Å²) < 4.78 is 5.20. The van der Waals surface area contributed by atoms with Crippen molar-refractivity contribution in [3.63, 3.8) is 0 Å². The Kier molecular flexibility index (Phi) is 5.51. The Morgan fingerprint density at radius 2 is 1.77 bits per heavy atom. The Hall–Kier alpha value is -2.87. The summed E-state index contributed by atoms with van der Waals surface area (Å²) in [6.07, 6.45) is 5.42. The van der Waals surface area contributed by atoms with Gasteiger partial charge in [-0.05, 0) is 51.0 Å². The number of aromatic nitrogens is 5. The third-order valence-corrected chi connectivity index (χ3v) is 6.18. The van der Waals surface area contributed by atoms with Gasteiger partial charge in [0.05, 0.1) is 23.1 Å². The first kappa shape index (κ1) is 20.4. The van der Waals surface area contributed by atoms with Crippen LogP contribution in [0.5, 0.6) is 0 Å². The molecule has 9 heteroatoms. The fraction of sp³-hybridized carbons (Fsp3) is 0.429. The molecule has 0 atom stereocenters. The molecular weight excluding hydrogens is 404 g/mol. The van der Waals surface area contributed by atoms with E-state index in [1.165, 1.54) is 6.42 Å². The summed E-state index contributed by atoms with van der Waals surface area (Å²) in [5, 5.41) is 11.5. The lowest BCUT2D eigenvalue weighted by molar-refractivity contribution is 0.102. The molecule has 0 unspecified atom stereocenters. The van der Waals surface area contributed by atoms with E-state index in [0.29, 0.717) is 16.4 Å². The SMILES string of the molecule is Cc1c(C(=O)Nc2c(C)n(C)n(C3CCCCC3)c2=O)nnn1-c1ccc(Cl)cc1. The van der Waals surface area contributed by atoms with E-state index in [-0.39, 0.29) is 17.3 Å². The molecule has 0 aliphatic heterocycles. The van der Waals surface area contributed by atoms with Gasteiger partial charge in [-0.2, -0.15) is 0 Å². The first-order valence-electron chi connectivity index (χ1n) is 10.2. The molecule has 2 heterocycles. The number of hydrogen-bond acceptors (Lipinski definition) is 4. The summed E-state index contributed by atoms with van der Waals surface area (Å²) in [5.41, 5.74) is 2.36. The van der Waals surface area contributed by atoms with E-state index in [0.717, 1.165) is 37.1 Å². The lowest BCUT2D eigenvalue weighted by atomic mass is 9.96. The predicted octanol–water partition coefficient (Wildman–Crippen LogP) is 3.80. The predicted molar refractivity (Wildman–Crippen MR) is 116 cm³/mol. The van der Waals surface area contributed by atoms with Gasteiger partial charge in [0, 0.05) is 12.1 Å². The number of carbonyl (C=O) groups is 1. The second-order valence-electron chi connectivity index (χ2n) is 7.79. The van der Waals surface area contributed by atoms with E-state index in [4.69, 9.17) is 11.6 Å². The second kappa shape index (κ2) is 8.10. The summed E-state index contributed by atoms with van der Waals surface area (Å²) in [5.74, 6) is -0.450. The van der Waals surface area contributed by atoms with Crippen LogP contribution in [0.2, 0.25) is 5.02 Å². The van der Waals surface area contributed by atoms with Gasteiger partial charge in [0.1, 0.15) is 5.69 Å². The Labute approximate surface area is 179 Å². The van der Waals surface area contributed by atoms with E-state index in [9.17, 15) is 9.59 Å². The van der Waals surface area contributed by atoms with E-state index < -0.39 is 5.91 Å². The number of nitrogens with one attached hydrogen (secondary N) is 1. The molecule has 1 aliphatic carbocycles. The molecule has 4 rings (SSSR count). The van der Waals surface area contributed by atoms with Crippen molar-refractivity contribution in [3.8, 4) is 5.69 Å². The number of benzene rings is 1. The third kappa shape index (κ3) is 3.56. The van der Waals surface area contributed by atoms with Crippen LogP contribution < -0.4 is 10.9 Å². The van der Waals surface area contributed by atoms with Gasteiger partial charge in [0.25, 0.3) is 11.5 Å². The van der Waals surface area contributed by atoms with E-state index in [2.05, 4.69) is 15.6 Å². The molecule has 30 heavy (non-hydrogen) atoms. The zero-order chi connectivity index (χ0) is 21.4. The zero-order valence-corrected chi connectivity index (χ0v) is 18.1. The Morgan fingerprint density at radius 1 is 1.10 bits per heavy atom. The molecule has 1 aromatic carbocycles. The maximum atomic E-state index is 13.1. The van der Waals surface area contributed by atoms with Gasteiger partial charge in [-0.15, -0.1) is 5.10 Å². The highest BCUT2D eigenvalue weighted by molar-refractivity contribution is 6.30. The van der Waals surface area contributed by atoms with Gasteiger partial charge < -0.3 is 5.32 Å². The minimum atomic E-state index is -0.450. The molecule has 1 fully saturated rings. The number of halogens is 1. The maximum Gasteiger partial charge on any atom is 0.291 e. The highest BCUT2D eigenvalue weighted by Crippen LogP contribution is 2.28. The number of amides is 1. The van der Waals surface area contributed by atoms with Crippen molar-refractivity contribution in [1.82, 2.24) is 24.4 Å². The van der Waals surface area contributed by atoms with Crippen LogP contribution in [-0.2, 0) is 7.05 Å². The molecule has 158 valence electrons. The molecule has 1 aliphatic rings. The van der Waals surface area contributed by atoms with E-state index >= 15 is 0 Å². The third-order valence-electron chi connectivity index (χ3n) is 5.93. The standard InChI is InChI=1S/C21H25ClN6O2/c1-13-19(21(30)28(26(13)3)17-7-5-4-6-8-17)23-20(29)18-14(2)27(25-24-18)16-11-9-15(22)10-12-16/h9-12,17H,4-8H2,1-3H3,(H,23,29). The minimum absolute atomic E-state index is 0.169. The van der Waals surface area contributed by atoms with Gasteiger partial charge in [-0.1, -0.05) is 36.1 Å². The average molecular weight is 429 g/mol. The summed E-state index contributed by atoms with van der Waals surface area (Å²) in [6.45, 7) is 3.61. The van der Waals surface area contributed by atoms with Crippen LogP contribution in [0.4, 0.5) is 5.69 Å². The Morgan fingerprint density at radius 3 is 2.43 bits per heavy atom. The summed E-state index contributed by atoms with van der Waals surface area (Å²) in [6, 6.07) is 7.27. The number of nitrogens with zero attached hydrogens (tertiary/aromatic N) is 5. The maximum absolute atomic E-state index is 13.1. The van der Waals surface area contributed by atoms with Crippen molar-refractivity contribution in [2.45, 2.75) is 52.0 Å². The molecular formula is C21H25ClN6O2. The van der Waals surface area contributed by atoms with Gasteiger partial charge in [0.2, 0.25) is 0 Å². The number of anilines is 1. The zero-order valence-electron chi connectivity index (χ0n) is 17.4.